The maximum absolute atomic E-state index is 14.4. The number of rotatable bonds is 5. The Balaban J connectivity index is 1.84. The first-order chi connectivity index (χ1) is 15.9. The molecule has 2 unspecified atom stereocenters. The van der Waals surface area contributed by atoms with Crippen LogP contribution in [0.15, 0.2) is 91.0 Å². The van der Waals surface area contributed by atoms with Crippen molar-refractivity contribution in [1.29, 1.82) is 0 Å². The standard InChI is InChI=1S/C29H26O3Se/c1-27-19-29(26(31)32-3,33-22-17-11-6-12-18-22)28(2,25(27)30)24(21-15-9-5-10-16-21)23(27)20-13-7-4-8-14-20/h4-18H,19H2,1-3H3/t27?,28?,29-/m1/s1. The number of fused-ring (bicyclic) bond motifs is 2. The summed E-state index contributed by atoms with van der Waals surface area (Å²) in [6.07, 6.45) is 0.456. The molecular weight excluding hydrogens is 475 g/mol. The molecule has 2 aliphatic rings. The molecule has 3 atom stereocenters. The Morgan fingerprint density at radius 2 is 1.27 bits per heavy atom. The molecule has 33 heavy (non-hydrogen) atoms. The number of allylic oxidation sites excluding steroid dienone is 2. The van der Waals surface area contributed by atoms with E-state index in [-0.39, 0.29) is 26.7 Å². The van der Waals surface area contributed by atoms with Crippen LogP contribution in [0.2, 0.25) is 4.31 Å². The number of esters is 1. The van der Waals surface area contributed by atoms with Gasteiger partial charge in [0.1, 0.15) is 0 Å². The number of ether oxygens (including phenoxy) is 1. The molecule has 0 radical (unpaired) electrons. The van der Waals surface area contributed by atoms with Gasteiger partial charge in [-0.3, -0.25) is 0 Å². The number of methoxy groups -OCH3 is 1. The normalized spacial score (nSPS) is 28.3. The number of ketones is 1. The maximum atomic E-state index is 14.4. The van der Waals surface area contributed by atoms with Crippen molar-refractivity contribution in [2.75, 3.05) is 7.11 Å². The van der Waals surface area contributed by atoms with Crippen molar-refractivity contribution in [1.82, 2.24) is 0 Å². The van der Waals surface area contributed by atoms with Crippen molar-refractivity contribution >= 4 is 42.3 Å². The third-order valence-corrected chi connectivity index (χ3v) is 10.6. The summed E-state index contributed by atoms with van der Waals surface area (Å²) in [7, 11) is 1.44. The van der Waals surface area contributed by atoms with Crippen LogP contribution in [0.4, 0.5) is 0 Å². The number of carbonyl (C=O) groups is 2. The summed E-state index contributed by atoms with van der Waals surface area (Å²) in [5, 5.41) is 0. The third-order valence-electron chi connectivity index (χ3n) is 7.34. The third kappa shape index (κ3) is 2.94. The van der Waals surface area contributed by atoms with Crippen molar-refractivity contribution in [2.45, 2.75) is 24.6 Å². The van der Waals surface area contributed by atoms with Gasteiger partial charge in [0.25, 0.3) is 0 Å². The van der Waals surface area contributed by atoms with Gasteiger partial charge in [-0.15, -0.1) is 0 Å². The Hall–Kier alpha value is -2.94. The molecule has 3 nitrogen and oxygen atoms in total. The van der Waals surface area contributed by atoms with Crippen molar-refractivity contribution in [3.8, 4) is 0 Å². The molecule has 5 rings (SSSR count). The van der Waals surface area contributed by atoms with Gasteiger partial charge in [0.05, 0.1) is 0 Å². The fraction of sp³-hybridized carbons (Fsp3) is 0.241. The molecule has 1 saturated carbocycles. The van der Waals surface area contributed by atoms with Gasteiger partial charge in [-0.25, -0.2) is 0 Å². The minimum atomic E-state index is -0.989. The van der Waals surface area contributed by atoms with Crippen LogP contribution in [-0.2, 0) is 14.3 Å². The molecule has 166 valence electrons. The van der Waals surface area contributed by atoms with Crippen molar-refractivity contribution in [3.05, 3.63) is 102 Å². The average molecular weight is 501 g/mol. The number of Topliss-reactive ketones (excluding diaryl/α,β-unsaturated/α-hetero) is 1. The minimum absolute atomic E-state index is 0.121. The zero-order chi connectivity index (χ0) is 23.3. The summed E-state index contributed by atoms with van der Waals surface area (Å²) < 4.78 is 5.61. The predicted molar refractivity (Wildman–Crippen MR) is 132 cm³/mol. The average Bonchev–Trinajstić information content (AvgIpc) is 3.14. The Labute approximate surface area is 201 Å². The second kappa shape index (κ2) is 7.83. The molecule has 0 N–H and O–H groups in total. The first-order valence-electron chi connectivity index (χ1n) is 11.1. The van der Waals surface area contributed by atoms with E-state index in [1.807, 2.05) is 68.4 Å². The predicted octanol–water partition coefficient (Wildman–Crippen LogP) is 4.96. The summed E-state index contributed by atoms with van der Waals surface area (Å²) in [6, 6.07) is 30.3. The van der Waals surface area contributed by atoms with E-state index < -0.39 is 15.1 Å². The van der Waals surface area contributed by atoms with Crippen LogP contribution in [0.1, 0.15) is 31.4 Å². The summed E-state index contributed by atoms with van der Waals surface area (Å²) in [5.74, 6) is -0.164. The van der Waals surface area contributed by atoms with Crippen LogP contribution in [0.5, 0.6) is 0 Å². The van der Waals surface area contributed by atoms with E-state index in [0.717, 1.165) is 26.7 Å². The van der Waals surface area contributed by atoms with E-state index in [1.54, 1.807) is 0 Å². The molecule has 0 spiro atoms. The molecule has 4 heteroatoms. The molecule has 3 aromatic rings. The Morgan fingerprint density at radius 1 is 0.788 bits per heavy atom. The summed E-state index contributed by atoms with van der Waals surface area (Å²) >= 11 is -0.300. The first kappa shape index (κ1) is 21.9. The van der Waals surface area contributed by atoms with Crippen molar-refractivity contribution < 1.29 is 14.3 Å². The van der Waals surface area contributed by atoms with E-state index in [4.69, 9.17) is 4.74 Å². The zero-order valence-electron chi connectivity index (χ0n) is 19.0. The van der Waals surface area contributed by atoms with Gasteiger partial charge in [-0.05, 0) is 0 Å². The molecule has 0 aromatic heterocycles. The molecule has 0 aliphatic heterocycles. The van der Waals surface area contributed by atoms with E-state index >= 15 is 0 Å². The summed E-state index contributed by atoms with van der Waals surface area (Å²) in [6.45, 7) is 4.01. The molecular formula is C29H26O3Se. The summed E-state index contributed by atoms with van der Waals surface area (Å²) in [5.41, 5.74) is 2.29. The molecule has 3 aromatic carbocycles. The van der Waals surface area contributed by atoms with Gasteiger partial charge in [0, 0.05) is 0 Å². The number of benzene rings is 3. The van der Waals surface area contributed by atoms with Crippen LogP contribution in [0.25, 0.3) is 11.1 Å². The van der Waals surface area contributed by atoms with Crippen LogP contribution in [-0.4, -0.2) is 33.8 Å². The second-order valence-corrected chi connectivity index (χ2v) is 12.1. The Bertz CT molecular complexity index is 1250. The van der Waals surface area contributed by atoms with Gasteiger partial charge in [0.15, 0.2) is 0 Å². The van der Waals surface area contributed by atoms with Crippen LogP contribution in [0, 0.1) is 10.8 Å². The summed E-state index contributed by atoms with van der Waals surface area (Å²) in [4.78, 5) is 28.0. The van der Waals surface area contributed by atoms with Crippen LogP contribution < -0.4 is 4.46 Å². The molecule has 0 amide bonds. The molecule has 2 aliphatic carbocycles. The first-order valence-corrected chi connectivity index (χ1v) is 12.8. The van der Waals surface area contributed by atoms with E-state index in [1.165, 1.54) is 7.11 Å². The van der Waals surface area contributed by atoms with Gasteiger partial charge >= 0.3 is 201 Å². The number of hydrogen-bond acceptors (Lipinski definition) is 3. The molecule has 0 heterocycles. The van der Waals surface area contributed by atoms with Crippen molar-refractivity contribution in [3.63, 3.8) is 0 Å². The fourth-order valence-electron chi connectivity index (χ4n) is 5.95. The van der Waals surface area contributed by atoms with Gasteiger partial charge in [0.2, 0.25) is 0 Å². The van der Waals surface area contributed by atoms with Gasteiger partial charge < -0.3 is 0 Å². The van der Waals surface area contributed by atoms with Gasteiger partial charge in [-0.2, -0.15) is 0 Å². The number of hydrogen-bond donors (Lipinski definition) is 0. The van der Waals surface area contributed by atoms with E-state index in [9.17, 15) is 9.59 Å². The van der Waals surface area contributed by atoms with Crippen molar-refractivity contribution in [2.24, 2.45) is 10.8 Å². The number of carbonyl (C=O) groups excluding carboxylic acids is 2. The molecule has 1 fully saturated rings. The molecule has 0 saturated heterocycles. The van der Waals surface area contributed by atoms with E-state index in [2.05, 4.69) is 36.4 Å². The Morgan fingerprint density at radius 3 is 1.79 bits per heavy atom. The Kier molecular flexibility index (Phi) is 5.19. The quantitative estimate of drug-likeness (QED) is 0.367. The fourth-order valence-corrected chi connectivity index (χ4v) is 9.35. The second-order valence-electron chi connectivity index (χ2n) is 9.18. The zero-order valence-corrected chi connectivity index (χ0v) is 20.7. The SMILES string of the molecule is COC(=O)[C@]1([Se]c2ccccc2)CC2(C)C(=O)C1(C)C(c1ccccc1)=C2c1ccccc1. The van der Waals surface area contributed by atoms with Crippen LogP contribution in [0.3, 0.4) is 0 Å². The van der Waals surface area contributed by atoms with Gasteiger partial charge in [-0.1, -0.05) is 0 Å². The topological polar surface area (TPSA) is 43.4 Å². The van der Waals surface area contributed by atoms with E-state index in [0.29, 0.717) is 6.42 Å². The monoisotopic (exact) mass is 502 g/mol. The van der Waals surface area contributed by atoms with Crippen LogP contribution >= 0.6 is 0 Å². The molecule has 2 bridgehead atoms.